The van der Waals surface area contributed by atoms with Gasteiger partial charge >= 0.3 is 0 Å². The Bertz CT molecular complexity index is 1180. The van der Waals surface area contributed by atoms with Crippen LogP contribution < -0.4 is 24.8 Å². The molecule has 9 nitrogen and oxygen atoms in total. The summed E-state index contributed by atoms with van der Waals surface area (Å²) >= 11 is 0. The Balaban J connectivity index is 1.35. The van der Waals surface area contributed by atoms with Gasteiger partial charge < -0.3 is 24.5 Å². The van der Waals surface area contributed by atoms with Crippen molar-refractivity contribution in [3.05, 3.63) is 66.6 Å². The number of nitrogens with one attached hydrogen (secondary N) is 3. The van der Waals surface area contributed by atoms with E-state index >= 15 is 0 Å². The van der Waals surface area contributed by atoms with Gasteiger partial charge in [-0.05, 0) is 55.5 Å². The molecule has 0 saturated heterocycles. The summed E-state index contributed by atoms with van der Waals surface area (Å²) in [7, 11) is -3.80. The van der Waals surface area contributed by atoms with E-state index in [0.717, 1.165) is 0 Å². The van der Waals surface area contributed by atoms with Crippen LogP contribution in [0.25, 0.3) is 0 Å². The Hall–Kier alpha value is -3.66. The van der Waals surface area contributed by atoms with Gasteiger partial charge in [0, 0.05) is 17.4 Å². The molecule has 0 aliphatic carbocycles. The highest BCUT2D eigenvalue weighted by Crippen LogP contribution is 2.32. The number of hydrogen-bond donors (Lipinski definition) is 3. The Kier molecular flexibility index (Phi) is 6.22. The van der Waals surface area contributed by atoms with E-state index in [-0.39, 0.29) is 10.8 Å². The number of carbonyl (C=O) groups is 1. The third-order valence-electron chi connectivity index (χ3n) is 4.75. The van der Waals surface area contributed by atoms with E-state index in [1.54, 1.807) is 55.7 Å². The molecule has 1 atom stereocenters. The van der Waals surface area contributed by atoms with E-state index in [9.17, 15) is 13.2 Å². The van der Waals surface area contributed by atoms with Gasteiger partial charge in [-0.25, -0.2) is 8.42 Å². The molecule has 0 unspecified atom stereocenters. The molecule has 3 aromatic rings. The minimum absolute atomic E-state index is 0.0748. The van der Waals surface area contributed by atoms with Crippen LogP contribution in [0.3, 0.4) is 0 Å². The maximum absolute atomic E-state index is 12.7. The molecule has 10 heteroatoms. The number of hydrogen-bond acceptors (Lipinski definition) is 7. The standard InChI is InChI=1S/C22H23N3O6S/c1-15(22(26)23-14-18-3-2-10-29-18)24-16-4-6-17(7-5-16)25-32(27,28)19-8-9-20-21(13-19)31-12-11-30-20/h2-10,13,15,24-25H,11-12,14H2,1H3,(H,23,26)/t15-/m0/s1. The van der Waals surface area contributed by atoms with Crippen LogP contribution in [0.15, 0.2) is 70.2 Å². The first-order valence-corrected chi connectivity index (χ1v) is 11.5. The van der Waals surface area contributed by atoms with Crippen LogP contribution in [0, 0.1) is 0 Å². The van der Waals surface area contributed by atoms with E-state index in [1.807, 2.05) is 0 Å². The Labute approximate surface area is 185 Å². The van der Waals surface area contributed by atoms with Gasteiger partial charge in [-0.15, -0.1) is 0 Å². The summed E-state index contributed by atoms with van der Waals surface area (Å²) in [5.74, 6) is 1.40. The number of amides is 1. The summed E-state index contributed by atoms with van der Waals surface area (Å²) in [5.41, 5.74) is 1.06. The van der Waals surface area contributed by atoms with Gasteiger partial charge in [-0.3, -0.25) is 9.52 Å². The largest absolute Gasteiger partial charge is 0.486 e. The van der Waals surface area contributed by atoms with Crippen molar-refractivity contribution in [2.24, 2.45) is 0 Å². The van der Waals surface area contributed by atoms with Gasteiger partial charge in [-0.2, -0.15) is 0 Å². The summed E-state index contributed by atoms with van der Waals surface area (Å²) < 4.78 is 44.1. The van der Waals surface area contributed by atoms with Gasteiger partial charge in [0.25, 0.3) is 10.0 Å². The van der Waals surface area contributed by atoms with Crippen molar-refractivity contribution in [2.45, 2.75) is 24.4 Å². The first-order chi connectivity index (χ1) is 15.4. The molecule has 2 heterocycles. The molecule has 0 radical (unpaired) electrons. The summed E-state index contributed by atoms with van der Waals surface area (Å²) in [4.78, 5) is 12.3. The SMILES string of the molecule is C[C@H](Nc1ccc(NS(=O)(=O)c2ccc3c(c2)OCCO3)cc1)C(=O)NCc1ccco1. The van der Waals surface area contributed by atoms with Crippen molar-refractivity contribution in [1.82, 2.24) is 5.32 Å². The zero-order chi connectivity index (χ0) is 22.6. The van der Waals surface area contributed by atoms with Crippen molar-refractivity contribution in [1.29, 1.82) is 0 Å². The predicted molar refractivity (Wildman–Crippen MR) is 118 cm³/mol. The lowest BCUT2D eigenvalue weighted by Gasteiger charge is -2.19. The van der Waals surface area contributed by atoms with Crippen LogP contribution in [0.2, 0.25) is 0 Å². The lowest BCUT2D eigenvalue weighted by atomic mass is 10.2. The van der Waals surface area contributed by atoms with Gasteiger partial charge in [0.2, 0.25) is 5.91 Å². The zero-order valence-electron chi connectivity index (χ0n) is 17.3. The highest BCUT2D eigenvalue weighted by molar-refractivity contribution is 7.92. The molecule has 3 N–H and O–H groups in total. The van der Waals surface area contributed by atoms with E-state index in [4.69, 9.17) is 13.9 Å². The minimum atomic E-state index is -3.80. The number of sulfonamides is 1. The predicted octanol–water partition coefficient (Wildman–Crippen LogP) is 2.97. The van der Waals surface area contributed by atoms with Gasteiger partial charge in [0.05, 0.1) is 17.7 Å². The molecule has 0 bridgehead atoms. The van der Waals surface area contributed by atoms with Crippen LogP contribution >= 0.6 is 0 Å². The van der Waals surface area contributed by atoms with Crippen LogP contribution in [0.5, 0.6) is 11.5 Å². The van der Waals surface area contributed by atoms with Crippen LogP contribution in [0.1, 0.15) is 12.7 Å². The second-order valence-electron chi connectivity index (χ2n) is 7.15. The Morgan fingerprint density at radius 1 is 1.00 bits per heavy atom. The van der Waals surface area contributed by atoms with E-state index < -0.39 is 16.1 Å². The molecular weight excluding hydrogens is 434 g/mol. The molecule has 0 fully saturated rings. The second-order valence-corrected chi connectivity index (χ2v) is 8.83. The van der Waals surface area contributed by atoms with Gasteiger partial charge in [0.1, 0.15) is 25.0 Å². The number of carbonyl (C=O) groups excluding carboxylic acids is 1. The van der Waals surface area contributed by atoms with Crippen molar-refractivity contribution in [3.8, 4) is 11.5 Å². The average Bonchev–Trinajstić information content (AvgIpc) is 3.32. The number of fused-ring (bicyclic) bond motifs is 1. The number of ether oxygens (including phenoxy) is 2. The summed E-state index contributed by atoms with van der Waals surface area (Å²) in [6.45, 7) is 2.84. The van der Waals surface area contributed by atoms with E-state index in [0.29, 0.717) is 48.4 Å². The first-order valence-electron chi connectivity index (χ1n) is 10.00. The highest BCUT2D eigenvalue weighted by atomic mass is 32.2. The van der Waals surface area contributed by atoms with E-state index in [1.165, 1.54) is 12.1 Å². The summed E-state index contributed by atoms with van der Waals surface area (Å²) in [6.07, 6.45) is 1.55. The fraction of sp³-hybridized carbons (Fsp3) is 0.227. The minimum Gasteiger partial charge on any atom is -0.486 e. The maximum Gasteiger partial charge on any atom is 0.262 e. The van der Waals surface area contributed by atoms with Crippen LogP contribution in [-0.4, -0.2) is 33.6 Å². The summed E-state index contributed by atoms with van der Waals surface area (Å²) in [6, 6.07) is 14.1. The average molecular weight is 458 g/mol. The monoisotopic (exact) mass is 457 g/mol. The van der Waals surface area contributed by atoms with Gasteiger partial charge in [0.15, 0.2) is 11.5 Å². The number of rotatable bonds is 8. The molecule has 1 aromatic heterocycles. The number of anilines is 2. The van der Waals surface area contributed by atoms with Gasteiger partial charge in [-0.1, -0.05) is 0 Å². The zero-order valence-corrected chi connectivity index (χ0v) is 18.1. The molecule has 2 aromatic carbocycles. The van der Waals surface area contributed by atoms with E-state index in [2.05, 4.69) is 15.4 Å². The smallest absolute Gasteiger partial charge is 0.262 e. The molecule has 168 valence electrons. The number of benzene rings is 2. The molecule has 1 amide bonds. The van der Waals surface area contributed by atoms with Crippen molar-refractivity contribution < 1.29 is 27.1 Å². The molecule has 32 heavy (non-hydrogen) atoms. The van der Waals surface area contributed by atoms with Crippen molar-refractivity contribution >= 4 is 27.3 Å². The van der Waals surface area contributed by atoms with Crippen LogP contribution in [-0.2, 0) is 21.4 Å². The fourth-order valence-electron chi connectivity index (χ4n) is 3.10. The molecule has 1 aliphatic heterocycles. The maximum atomic E-state index is 12.7. The quantitative estimate of drug-likeness (QED) is 0.476. The normalized spacial score (nSPS) is 13.8. The fourth-order valence-corrected chi connectivity index (χ4v) is 4.17. The van der Waals surface area contributed by atoms with Crippen molar-refractivity contribution in [2.75, 3.05) is 23.3 Å². The second kappa shape index (κ2) is 9.23. The summed E-state index contributed by atoms with van der Waals surface area (Å²) in [5, 5.41) is 5.86. The third kappa shape index (κ3) is 5.14. The lowest BCUT2D eigenvalue weighted by Crippen LogP contribution is -2.37. The van der Waals surface area contributed by atoms with Crippen molar-refractivity contribution in [3.63, 3.8) is 0 Å². The topological polar surface area (TPSA) is 119 Å². The third-order valence-corrected chi connectivity index (χ3v) is 6.13. The highest BCUT2D eigenvalue weighted by Gasteiger charge is 2.20. The molecule has 4 rings (SSSR count). The Morgan fingerprint density at radius 3 is 2.44 bits per heavy atom. The molecule has 0 spiro atoms. The Morgan fingerprint density at radius 2 is 1.72 bits per heavy atom. The van der Waals surface area contributed by atoms with Crippen LogP contribution in [0.4, 0.5) is 11.4 Å². The molecular formula is C22H23N3O6S. The lowest BCUT2D eigenvalue weighted by molar-refractivity contribution is -0.121. The molecule has 1 aliphatic rings. The number of furan rings is 1. The molecule has 0 saturated carbocycles. The first kappa shape index (κ1) is 21.6.